The lowest BCUT2D eigenvalue weighted by atomic mass is 9.96. The van der Waals surface area contributed by atoms with Crippen molar-refractivity contribution >= 4 is 29.2 Å². The van der Waals surface area contributed by atoms with Crippen LogP contribution < -0.4 is 11.1 Å². The molecule has 0 radical (unpaired) electrons. The molecule has 1 aromatic rings. The lowest BCUT2D eigenvalue weighted by molar-refractivity contribution is -0.120. The van der Waals surface area contributed by atoms with Crippen molar-refractivity contribution in [3.8, 4) is 0 Å². The highest BCUT2D eigenvalue weighted by molar-refractivity contribution is 6.33. The van der Waals surface area contributed by atoms with E-state index in [-0.39, 0.29) is 16.5 Å². The van der Waals surface area contributed by atoms with Gasteiger partial charge >= 0.3 is 5.97 Å². The molecule has 0 bridgehead atoms. The number of anilines is 1. The van der Waals surface area contributed by atoms with Gasteiger partial charge in [0.25, 0.3) is 0 Å². The van der Waals surface area contributed by atoms with Gasteiger partial charge in [-0.15, -0.1) is 0 Å². The first-order valence-corrected chi connectivity index (χ1v) is 6.67. The van der Waals surface area contributed by atoms with E-state index in [1.165, 1.54) is 19.2 Å². The van der Waals surface area contributed by atoms with E-state index in [0.29, 0.717) is 12.1 Å². The minimum absolute atomic E-state index is 0.196. The molecule has 3 N–H and O–H groups in total. The minimum Gasteiger partial charge on any atom is -0.465 e. The third-order valence-electron chi connectivity index (χ3n) is 2.92. The second-order valence-corrected chi connectivity index (χ2v) is 5.21. The monoisotopic (exact) mass is 298 g/mol. The quantitative estimate of drug-likeness (QED) is 0.819. The molecule has 0 spiro atoms. The highest BCUT2D eigenvalue weighted by Crippen LogP contribution is 2.22. The second kappa shape index (κ2) is 6.72. The summed E-state index contributed by atoms with van der Waals surface area (Å²) in [5.74, 6) is -0.868. The molecular weight excluding hydrogens is 280 g/mol. The van der Waals surface area contributed by atoms with Gasteiger partial charge in [0.2, 0.25) is 5.91 Å². The minimum atomic E-state index is -0.959. The van der Waals surface area contributed by atoms with Crippen LogP contribution in [0, 0.1) is 0 Å². The summed E-state index contributed by atoms with van der Waals surface area (Å²) in [6.45, 7) is 3.62. The third kappa shape index (κ3) is 3.95. The van der Waals surface area contributed by atoms with Crippen molar-refractivity contribution in [1.82, 2.24) is 0 Å². The number of nitrogens with one attached hydrogen (secondary N) is 1. The SMILES string of the molecule is CCCC(C)(N)C(=O)Nc1ccc(Cl)c(C(=O)OC)c1. The van der Waals surface area contributed by atoms with Crippen LogP contribution in [0.15, 0.2) is 18.2 Å². The standard InChI is InChI=1S/C14H19ClN2O3/c1-4-7-14(2,16)13(19)17-9-5-6-11(15)10(8-9)12(18)20-3/h5-6,8H,4,7,16H2,1-3H3,(H,17,19). The highest BCUT2D eigenvalue weighted by atomic mass is 35.5. The van der Waals surface area contributed by atoms with E-state index in [1.807, 2.05) is 6.92 Å². The molecule has 0 aromatic heterocycles. The highest BCUT2D eigenvalue weighted by Gasteiger charge is 2.27. The summed E-state index contributed by atoms with van der Waals surface area (Å²) in [4.78, 5) is 23.6. The zero-order valence-electron chi connectivity index (χ0n) is 11.8. The fraction of sp³-hybridized carbons (Fsp3) is 0.429. The first kappa shape index (κ1) is 16.5. The van der Waals surface area contributed by atoms with Crippen LogP contribution in [0.4, 0.5) is 5.69 Å². The van der Waals surface area contributed by atoms with Gasteiger partial charge in [-0.05, 0) is 31.5 Å². The number of hydrogen-bond donors (Lipinski definition) is 2. The van der Waals surface area contributed by atoms with Crippen LogP contribution in [0.2, 0.25) is 5.02 Å². The Balaban J connectivity index is 2.94. The molecule has 110 valence electrons. The van der Waals surface area contributed by atoms with E-state index in [0.717, 1.165) is 6.42 Å². The van der Waals surface area contributed by atoms with E-state index in [1.54, 1.807) is 13.0 Å². The third-order valence-corrected chi connectivity index (χ3v) is 3.25. The molecule has 1 atom stereocenters. The Hall–Kier alpha value is -1.59. The molecule has 0 saturated carbocycles. The predicted molar refractivity (Wildman–Crippen MR) is 78.9 cm³/mol. The Morgan fingerprint density at radius 2 is 2.10 bits per heavy atom. The summed E-state index contributed by atoms with van der Waals surface area (Å²) in [5, 5.41) is 2.95. The number of nitrogens with two attached hydrogens (primary N) is 1. The molecule has 0 aliphatic carbocycles. The van der Waals surface area contributed by atoms with Crippen LogP contribution in [0.5, 0.6) is 0 Å². The Morgan fingerprint density at radius 1 is 1.45 bits per heavy atom. The number of rotatable bonds is 5. The molecular formula is C14H19ClN2O3. The zero-order chi connectivity index (χ0) is 15.3. The molecule has 0 saturated heterocycles. The Labute approximate surface area is 123 Å². The van der Waals surface area contributed by atoms with E-state index in [2.05, 4.69) is 10.1 Å². The first-order valence-electron chi connectivity index (χ1n) is 6.30. The molecule has 0 fully saturated rings. The van der Waals surface area contributed by atoms with Gasteiger partial charge in [0.15, 0.2) is 0 Å². The lowest BCUT2D eigenvalue weighted by Gasteiger charge is -2.23. The van der Waals surface area contributed by atoms with Crippen LogP contribution in [-0.2, 0) is 9.53 Å². The Morgan fingerprint density at radius 3 is 2.65 bits per heavy atom. The van der Waals surface area contributed by atoms with Crippen molar-refractivity contribution in [1.29, 1.82) is 0 Å². The smallest absolute Gasteiger partial charge is 0.339 e. The van der Waals surface area contributed by atoms with Crippen LogP contribution in [0.25, 0.3) is 0 Å². The molecule has 6 heteroatoms. The van der Waals surface area contributed by atoms with Crippen LogP contribution >= 0.6 is 11.6 Å². The van der Waals surface area contributed by atoms with Gasteiger partial charge in [-0.2, -0.15) is 0 Å². The average molecular weight is 299 g/mol. The van der Waals surface area contributed by atoms with Gasteiger partial charge in [-0.25, -0.2) is 4.79 Å². The summed E-state index contributed by atoms with van der Waals surface area (Å²) in [5.41, 5.74) is 5.63. The van der Waals surface area contributed by atoms with Gasteiger partial charge < -0.3 is 15.8 Å². The van der Waals surface area contributed by atoms with Gasteiger partial charge in [-0.1, -0.05) is 24.9 Å². The predicted octanol–water partition coefficient (Wildman–Crippen LogP) is 2.58. The topological polar surface area (TPSA) is 81.4 Å². The number of esters is 1. The van der Waals surface area contributed by atoms with Gasteiger partial charge in [0, 0.05) is 5.69 Å². The molecule has 5 nitrogen and oxygen atoms in total. The number of benzene rings is 1. The van der Waals surface area contributed by atoms with Crippen LogP contribution in [-0.4, -0.2) is 24.5 Å². The fourth-order valence-corrected chi connectivity index (χ4v) is 1.97. The van der Waals surface area contributed by atoms with E-state index >= 15 is 0 Å². The number of carbonyl (C=O) groups is 2. The van der Waals surface area contributed by atoms with Crippen LogP contribution in [0.1, 0.15) is 37.0 Å². The largest absolute Gasteiger partial charge is 0.465 e. The first-order chi connectivity index (χ1) is 9.31. The van der Waals surface area contributed by atoms with E-state index < -0.39 is 11.5 Å². The summed E-state index contributed by atoms with van der Waals surface area (Å²) in [7, 11) is 1.27. The molecule has 1 rings (SSSR count). The van der Waals surface area contributed by atoms with Crippen molar-refractivity contribution in [3.05, 3.63) is 28.8 Å². The normalized spacial score (nSPS) is 13.4. The van der Waals surface area contributed by atoms with E-state index in [4.69, 9.17) is 17.3 Å². The molecule has 20 heavy (non-hydrogen) atoms. The average Bonchev–Trinajstić information content (AvgIpc) is 2.39. The molecule has 1 amide bonds. The maximum absolute atomic E-state index is 12.1. The molecule has 0 aliphatic heterocycles. The maximum Gasteiger partial charge on any atom is 0.339 e. The van der Waals surface area contributed by atoms with E-state index in [9.17, 15) is 9.59 Å². The molecule has 0 aliphatic rings. The number of hydrogen-bond acceptors (Lipinski definition) is 4. The summed E-state index contributed by atoms with van der Waals surface area (Å²) < 4.78 is 4.62. The number of carbonyl (C=O) groups excluding carboxylic acids is 2. The van der Waals surface area contributed by atoms with Gasteiger partial charge in [0.05, 0.1) is 23.2 Å². The second-order valence-electron chi connectivity index (χ2n) is 4.81. The zero-order valence-corrected chi connectivity index (χ0v) is 12.6. The van der Waals surface area contributed by atoms with Crippen molar-refractivity contribution in [3.63, 3.8) is 0 Å². The van der Waals surface area contributed by atoms with Crippen LogP contribution in [0.3, 0.4) is 0 Å². The Bertz CT molecular complexity index is 515. The van der Waals surface area contributed by atoms with Crippen molar-refractivity contribution in [2.45, 2.75) is 32.2 Å². The fourth-order valence-electron chi connectivity index (χ4n) is 1.78. The number of amides is 1. The lowest BCUT2D eigenvalue weighted by Crippen LogP contribution is -2.48. The van der Waals surface area contributed by atoms with Crippen molar-refractivity contribution < 1.29 is 14.3 Å². The van der Waals surface area contributed by atoms with Gasteiger partial charge in [0.1, 0.15) is 0 Å². The molecule has 1 aromatic carbocycles. The molecule has 1 unspecified atom stereocenters. The summed E-state index contributed by atoms with van der Waals surface area (Å²) in [6, 6.07) is 4.60. The number of halogens is 1. The summed E-state index contributed by atoms with van der Waals surface area (Å²) >= 11 is 5.91. The molecule has 0 heterocycles. The Kier molecular flexibility index (Phi) is 5.53. The number of methoxy groups -OCH3 is 1. The van der Waals surface area contributed by atoms with Gasteiger partial charge in [-0.3, -0.25) is 4.79 Å². The summed E-state index contributed by atoms with van der Waals surface area (Å²) in [6.07, 6.45) is 1.37. The number of ether oxygens (including phenoxy) is 1. The van der Waals surface area contributed by atoms with Crippen molar-refractivity contribution in [2.24, 2.45) is 5.73 Å². The van der Waals surface area contributed by atoms with Crippen molar-refractivity contribution in [2.75, 3.05) is 12.4 Å². The maximum atomic E-state index is 12.1.